The fourth-order valence-electron chi connectivity index (χ4n) is 3.31. The van der Waals surface area contributed by atoms with Crippen LogP contribution in [0.2, 0.25) is 0 Å². The molecule has 0 radical (unpaired) electrons. The van der Waals surface area contributed by atoms with Gasteiger partial charge in [0.25, 0.3) is 0 Å². The van der Waals surface area contributed by atoms with E-state index in [-0.39, 0.29) is 18.2 Å². The maximum absolute atomic E-state index is 13.0. The molecule has 0 amide bonds. The SMILES string of the molecule is CCOC(=O)CC(=O)[C@H](CC(C)C)N(Cc1ccccc1)Cc1ccccc1. The van der Waals surface area contributed by atoms with Crippen LogP contribution in [0.4, 0.5) is 0 Å². The van der Waals surface area contributed by atoms with Crippen LogP contribution in [0, 0.1) is 5.92 Å². The molecule has 2 aromatic rings. The molecule has 0 bridgehead atoms. The van der Waals surface area contributed by atoms with E-state index in [0.717, 1.165) is 11.1 Å². The minimum atomic E-state index is -0.444. The molecule has 0 aromatic heterocycles. The molecule has 0 saturated heterocycles. The van der Waals surface area contributed by atoms with Crippen LogP contribution in [-0.2, 0) is 27.4 Å². The van der Waals surface area contributed by atoms with Crippen LogP contribution in [0.15, 0.2) is 60.7 Å². The van der Waals surface area contributed by atoms with Crippen LogP contribution >= 0.6 is 0 Å². The Morgan fingerprint density at radius 2 is 1.39 bits per heavy atom. The lowest BCUT2D eigenvalue weighted by Crippen LogP contribution is -2.42. The fourth-order valence-corrected chi connectivity index (χ4v) is 3.31. The van der Waals surface area contributed by atoms with Gasteiger partial charge in [0, 0.05) is 13.1 Å². The summed E-state index contributed by atoms with van der Waals surface area (Å²) in [5.41, 5.74) is 2.30. The molecule has 0 aliphatic heterocycles. The molecule has 0 unspecified atom stereocenters. The number of hydrogen-bond donors (Lipinski definition) is 0. The van der Waals surface area contributed by atoms with Gasteiger partial charge in [-0.1, -0.05) is 74.5 Å². The Balaban J connectivity index is 2.27. The summed E-state index contributed by atoms with van der Waals surface area (Å²) >= 11 is 0. The van der Waals surface area contributed by atoms with Crippen molar-refractivity contribution in [2.24, 2.45) is 5.92 Å². The summed E-state index contributed by atoms with van der Waals surface area (Å²) in [6, 6.07) is 20.0. The van der Waals surface area contributed by atoms with E-state index in [4.69, 9.17) is 4.74 Å². The van der Waals surface area contributed by atoms with Gasteiger partial charge in [0.05, 0.1) is 12.6 Å². The quantitative estimate of drug-likeness (QED) is 0.421. The van der Waals surface area contributed by atoms with E-state index < -0.39 is 5.97 Å². The molecule has 2 aromatic carbocycles. The first kappa shape index (κ1) is 21.8. The minimum absolute atomic E-state index is 0.0704. The van der Waals surface area contributed by atoms with Crippen molar-refractivity contribution in [2.45, 2.75) is 52.7 Å². The molecule has 2 rings (SSSR count). The van der Waals surface area contributed by atoms with Gasteiger partial charge in [0.15, 0.2) is 5.78 Å². The first-order chi connectivity index (χ1) is 13.5. The Bertz CT molecular complexity index is 687. The first-order valence-corrected chi connectivity index (χ1v) is 9.99. The molecule has 0 fully saturated rings. The number of hydrogen-bond acceptors (Lipinski definition) is 4. The second kappa shape index (κ2) is 11.4. The summed E-state index contributed by atoms with van der Waals surface area (Å²) in [6.45, 7) is 7.56. The van der Waals surface area contributed by atoms with Crippen molar-refractivity contribution in [3.05, 3.63) is 71.8 Å². The molecule has 0 aliphatic rings. The van der Waals surface area contributed by atoms with Crippen molar-refractivity contribution >= 4 is 11.8 Å². The topological polar surface area (TPSA) is 46.6 Å². The zero-order valence-electron chi connectivity index (χ0n) is 17.1. The van der Waals surface area contributed by atoms with Crippen molar-refractivity contribution in [3.8, 4) is 0 Å². The Morgan fingerprint density at radius 3 is 1.82 bits per heavy atom. The normalized spacial score (nSPS) is 12.2. The number of ketones is 1. The third-order valence-corrected chi connectivity index (χ3v) is 4.59. The van der Waals surface area contributed by atoms with Crippen molar-refractivity contribution in [3.63, 3.8) is 0 Å². The van der Waals surface area contributed by atoms with Gasteiger partial charge in [0.2, 0.25) is 0 Å². The predicted octanol–water partition coefficient (Wildman–Crippen LogP) is 4.63. The third kappa shape index (κ3) is 7.28. The van der Waals surface area contributed by atoms with Crippen LogP contribution in [0.25, 0.3) is 0 Å². The highest BCUT2D eigenvalue weighted by Crippen LogP contribution is 2.20. The van der Waals surface area contributed by atoms with Gasteiger partial charge in [0.1, 0.15) is 6.42 Å². The van der Waals surface area contributed by atoms with E-state index in [2.05, 4.69) is 43.0 Å². The Morgan fingerprint density at radius 1 is 0.893 bits per heavy atom. The number of esters is 1. The van der Waals surface area contributed by atoms with E-state index >= 15 is 0 Å². The second-order valence-corrected chi connectivity index (χ2v) is 7.47. The summed E-state index contributed by atoms with van der Waals surface area (Å²) in [5.74, 6) is -0.176. The highest BCUT2D eigenvalue weighted by molar-refractivity contribution is 5.98. The fraction of sp³-hybridized carbons (Fsp3) is 0.417. The average molecular weight is 382 g/mol. The Hall–Kier alpha value is -2.46. The van der Waals surface area contributed by atoms with Crippen LogP contribution in [0.1, 0.15) is 44.7 Å². The zero-order valence-corrected chi connectivity index (χ0v) is 17.1. The largest absolute Gasteiger partial charge is 0.466 e. The van der Waals surface area contributed by atoms with Gasteiger partial charge in [-0.05, 0) is 30.4 Å². The van der Waals surface area contributed by atoms with E-state index in [9.17, 15) is 9.59 Å². The maximum atomic E-state index is 13.0. The van der Waals surface area contributed by atoms with Gasteiger partial charge in [-0.3, -0.25) is 14.5 Å². The molecule has 0 N–H and O–H groups in total. The van der Waals surface area contributed by atoms with Gasteiger partial charge in [-0.15, -0.1) is 0 Å². The van der Waals surface area contributed by atoms with Crippen LogP contribution < -0.4 is 0 Å². The van der Waals surface area contributed by atoms with Crippen LogP contribution in [-0.4, -0.2) is 29.3 Å². The Labute approximate surface area is 168 Å². The number of ether oxygens (including phenoxy) is 1. The summed E-state index contributed by atoms with van der Waals surface area (Å²) in [4.78, 5) is 27.2. The van der Waals surface area contributed by atoms with Crippen molar-refractivity contribution in [2.75, 3.05) is 6.61 Å². The molecule has 0 spiro atoms. The lowest BCUT2D eigenvalue weighted by Gasteiger charge is -2.32. The van der Waals surface area contributed by atoms with Gasteiger partial charge < -0.3 is 4.74 Å². The molecular weight excluding hydrogens is 350 g/mol. The highest BCUT2D eigenvalue weighted by atomic mass is 16.5. The van der Waals surface area contributed by atoms with Crippen molar-refractivity contribution in [1.82, 2.24) is 4.90 Å². The smallest absolute Gasteiger partial charge is 0.313 e. The average Bonchev–Trinajstić information content (AvgIpc) is 2.67. The molecule has 150 valence electrons. The number of benzene rings is 2. The van der Waals surface area contributed by atoms with E-state index in [1.807, 2.05) is 36.4 Å². The number of carbonyl (C=O) groups is 2. The van der Waals surface area contributed by atoms with E-state index in [1.165, 1.54) is 0 Å². The predicted molar refractivity (Wildman–Crippen MR) is 112 cm³/mol. The van der Waals surface area contributed by atoms with Crippen molar-refractivity contribution in [1.29, 1.82) is 0 Å². The molecule has 0 heterocycles. The van der Waals surface area contributed by atoms with E-state index in [0.29, 0.717) is 32.0 Å². The number of carbonyl (C=O) groups excluding carboxylic acids is 2. The Kier molecular flexibility index (Phi) is 8.89. The van der Waals surface area contributed by atoms with Crippen LogP contribution in [0.3, 0.4) is 0 Å². The summed E-state index contributed by atoms with van der Waals surface area (Å²) in [7, 11) is 0. The summed E-state index contributed by atoms with van der Waals surface area (Å²) < 4.78 is 5.01. The molecule has 4 nitrogen and oxygen atoms in total. The number of rotatable bonds is 11. The molecule has 28 heavy (non-hydrogen) atoms. The summed E-state index contributed by atoms with van der Waals surface area (Å²) in [6.07, 6.45) is 0.531. The number of nitrogens with zero attached hydrogens (tertiary/aromatic N) is 1. The standard InChI is InChI=1S/C24H31NO3/c1-4-28-24(27)16-23(26)22(15-19(2)3)25(17-20-11-7-5-8-12-20)18-21-13-9-6-10-14-21/h5-14,19,22H,4,15-18H2,1-3H3/t22-/m0/s1. The van der Waals surface area contributed by atoms with Gasteiger partial charge in [-0.25, -0.2) is 0 Å². The van der Waals surface area contributed by atoms with Crippen LogP contribution in [0.5, 0.6) is 0 Å². The molecule has 1 atom stereocenters. The lowest BCUT2D eigenvalue weighted by atomic mass is 9.96. The van der Waals surface area contributed by atoms with E-state index in [1.54, 1.807) is 6.92 Å². The first-order valence-electron chi connectivity index (χ1n) is 9.99. The molecule has 4 heteroatoms. The van der Waals surface area contributed by atoms with Gasteiger partial charge in [-0.2, -0.15) is 0 Å². The number of Topliss-reactive ketones (excluding diaryl/α,β-unsaturated/α-hetero) is 1. The molecule has 0 saturated carbocycles. The lowest BCUT2D eigenvalue weighted by molar-refractivity contribution is -0.146. The highest BCUT2D eigenvalue weighted by Gasteiger charge is 2.28. The maximum Gasteiger partial charge on any atom is 0.313 e. The van der Waals surface area contributed by atoms with Gasteiger partial charge >= 0.3 is 5.97 Å². The monoisotopic (exact) mass is 381 g/mol. The summed E-state index contributed by atoms with van der Waals surface area (Å²) in [5, 5.41) is 0. The third-order valence-electron chi connectivity index (χ3n) is 4.59. The molecular formula is C24H31NO3. The zero-order chi connectivity index (χ0) is 20.4. The van der Waals surface area contributed by atoms with Crippen molar-refractivity contribution < 1.29 is 14.3 Å². The molecule has 0 aliphatic carbocycles. The second-order valence-electron chi connectivity index (χ2n) is 7.47. The minimum Gasteiger partial charge on any atom is -0.466 e.